The fourth-order valence-electron chi connectivity index (χ4n) is 4.55. The molecule has 1 N–H and O–H groups in total. The van der Waals surface area contributed by atoms with Crippen LogP contribution in [-0.4, -0.2) is 60.8 Å². The van der Waals surface area contributed by atoms with E-state index in [0.717, 1.165) is 6.42 Å². The summed E-state index contributed by atoms with van der Waals surface area (Å²) in [5, 5.41) is 19.0. The van der Waals surface area contributed by atoms with Crippen molar-refractivity contribution in [3.05, 3.63) is 52.0 Å². The Hall–Kier alpha value is -2.55. The highest BCUT2D eigenvalue weighted by molar-refractivity contribution is 7.89. The zero-order chi connectivity index (χ0) is 25.2. The highest BCUT2D eigenvalue weighted by atomic mass is 35.5. The molecule has 2 aromatic rings. The number of benzene rings is 2. The van der Waals surface area contributed by atoms with Gasteiger partial charge in [-0.3, -0.25) is 4.90 Å². The maximum absolute atomic E-state index is 13.6. The van der Waals surface area contributed by atoms with Gasteiger partial charge in [-0.05, 0) is 62.1 Å². The van der Waals surface area contributed by atoms with E-state index >= 15 is 0 Å². The molecule has 2 fully saturated rings. The van der Waals surface area contributed by atoms with Gasteiger partial charge in [0.05, 0.1) is 11.6 Å². The standard InChI is InChI=1S/C23H23Cl2N3O6S/c24-16-11-17(25)13-19(12-16)33-20-4-3-15(14-26)10-21(20)35(31,32)27-8-5-18(6-9-27)28-7-1-2-22(28)34-23(29)30/h3-4,10-13,18,22H,1-2,5-9H2,(H,29,30)/t22-/m0/s1. The lowest BCUT2D eigenvalue weighted by Crippen LogP contribution is -2.49. The molecule has 0 bridgehead atoms. The molecule has 9 nitrogen and oxygen atoms in total. The molecular formula is C23H23Cl2N3O6S. The van der Waals surface area contributed by atoms with Crippen LogP contribution < -0.4 is 4.74 Å². The van der Waals surface area contributed by atoms with Gasteiger partial charge < -0.3 is 14.6 Å². The molecule has 0 aromatic heterocycles. The Morgan fingerprint density at radius 1 is 1.06 bits per heavy atom. The molecule has 0 spiro atoms. The van der Waals surface area contributed by atoms with E-state index in [9.17, 15) is 18.5 Å². The molecule has 186 valence electrons. The van der Waals surface area contributed by atoms with E-state index in [2.05, 4.69) is 0 Å². The van der Waals surface area contributed by atoms with Crippen LogP contribution in [0.4, 0.5) is 4.79 Å². The van der Waals surface area contributed by atoms with Crippen LogP contribution in [0.15, 0.2) is 41.3 Å². The van der Waals surface area contributed by atoms with Gasteiger partial charge in [-0.1, -0.05) is 23.2 Å². The van der Waals surface area contributed by atoms with Crippen molar-refractivity contribution in [2.24, 2.45) is 0 Å². The van der Waals surface area contributed by atoms with Gasteiger partial charge in [0.15, 0.2) is 6.23 Å². The molecule has 0 amide bonds. The molecule has 2 aliphatic heterocycles. The van der Waals surface area contributed by atoms with Crippen molar-refractivity contribution >= 4 is 39.4 Å². The van der Waals surface area contributed by atoms with E-state index in [-0.39, 0.29) is 41.1 Å². The summed E-state index contributed by atoms with van der Waals surface area (Å²) < 4.78 is 39.4. The molecule has 1 atom stereocenters. The number of nitrogens with zero attached hydrogens (tertiary/aromatic N) is 3. The van der Waals surface area contributed by atoms with Crippen molar-refractivity contribution in [2.45, 2.75) is 42.8 Å². The third kappa shape index (κ3) is 5.82. The molecule has 12 heteroatoms. The summed E-state index contributed by atoms with van der Waals surface area (Å²) in [7, 11) is -4.00. The first kappa shape index (κ1) is 25.5. The fraction of sp³-hybridized carbons (Fsp3) is 0.391. The number of rotatable bonds is 6. The van der Waals surface area contributed by atoms with Gasteiger partial charge in [0.25, 0.3) is 0 Å². The summed E-state index contributed by atoms with van der Waals surface area (Å²) in [6, 6.07) is 10.7. The Bertz CT molecular complexity index is 1240. The third-order valence-corrected chi connectivity index (χ3v) is 8.48. The molecule has 0 aliphatic carbocycles. The number of hydrogen-bond acceptors (Lipinski definition) is 7. The summed E-state index contributed by atoms with van der Waals surface area (Å²) in [5.41, 5.74) is 0.181. The van der Waals surface area contributed by atoms with E-state index < -0.39 is 22.4 Å². The lowest BCUT2D eigenvalue weighted by molar-refractivity contribution is -0.0386. The highest BCUT2D eigenvalue weighted by Gasteiger charge is 2.38. The second-order valence-corrected chi connectivity index (χ2v) is 11.1. The molecule has 35 heavy (non-hydrogen) atoms. The van der Waals surface area contributed by atoms with Crippen LogP contribution >= 0.6 is 23.2 Å². The van der Waals surface area contributed by atoms with Gasteiger partial charge in [-0.2, -0.15) is 9.57 Å². The lowest BCUT2D eigenvalue weighted by Gasteiger charge is -2.38. The number of ether oxygens (including phenoxy) is 2. The SMILES string of the molecule is N#Cc1ccc(Oc2cc(Cl)cc(Cl)c2)c(S(=O)(=O)N2CCC(N3CCC[C@@H]3OC(=O)O)CC2)c1. The first-order chi connectivity index (χ1) is 16.7. The smallest absolute Gasteiger partial charge is 0.456 e. The van der Waals surface area contributed by atoms with E-state index in [1.54, 1.807) is 0 Å². The van der Waals surface area contributed by atoms with Crippen molar-refractivity contribution in [3.63, 3.8) is 0 Å². The van der Waals surface area contributed by atoms with Crippen molar-refractivity contribution in [1.29, 1.82) is 5.26 Å². The first-order valence-electron chi connectivity index (χ1n) is 11.0. The average Bonchev–Trinajstić information content (AvgIpc) is 3.26. The fourth-order valence-corrected chi connectivity index (χ4v) is 6.67. The van der Waals surface area contributed by atoms with Gasteiger partial charge in [0.1, 0.15) is 16.4 Å². The minimum absolute atomic E-state index is 0.0167. The topological polar surface area (TPSA) is 120 Å². The maximum Gasteiger partial charge on any atom is 0.507 e. The van der Waals surface area contributed by atoms with Crippen LogP contribution in [0.1, 0.15) is 31.2 Å². The van der Waals surface area contributed by atoms with Gasteiger partial charge in [-0.25, -0.2) is 13.2 Å². The molecular weight excluding hydrogens is 517 g/mol. The van der Waals surface area contributed by atoms with Gasteiger partial charge in [0, 0.05) is 35.7 Å². The molecule has 2 heterocycles. The largest absolute Gasteiger partial charge is 0.507 e. The number of halogens is 2. The number of piperidine rings is 1. The Labute approximate surface area is 213 Å². The predicted octanol–water partition coefficient (Wildman–Crippen LogP) is 4.93. The van der Waals surface area contributed by atoms with Crippen LogP contribution in [0.3, 0.4) is 0 Å². The minimum atomic E-state index is -4.00. The lowest BCUT2D eigenvalue weighted by atomic mass is 10.1. The molecule has 0 unspecified atom stereocenters. The second-order valence-electron chi connectivity index (χ2n) is 8.33. The maximum atomic E-state index is 13.6. The number of carboxylic acid groups (broad SMARTS) is 1. The van der Waals surface area contributed by atoms with E-state index in [0.29, 0.717) is 35.9 Å². The van der Waals surface area contributed by atoms with Crippen LogP contribution in [0.25, 0.3) is 0 Å². The number of hydrogen-bond donors (Lipinski definition) is 1. The van der Waals surface area contributed by atoms with E-state index in [1.165, 1.54) is 40.7 Å². The summed E-state index contributed by atoms with van der Waals surface area (Å²) in [6.45, 7) is 1.19. The summed E-state index contributed by atoms with van der Waals surface area (Å²) in [4.78, 5) is 12.9. The summed E-state index contributed by atoms with van der Waals surface area (Å²) in [5.74, 6) is 0.319. The molecule has 0 saturated carbocycles. The van der Waals surface area contributed by atoms with Crippen LogP contribution in [0.2, 0.25) is 10.0 Å². The second kappa shape index (κ2) is 10.6. The van der Waals surface area contributed by atoms with Crippen LogP contribution in [-0.2, 0) is 14.8 Å². The van der Waals surface area contributed by atoms with Gasteiger partial charge in [-0.15, -0.1) is 0 Å². The Kier molecular flexibility index (Phi) is 7.73. The van der Waals surface area contributed by atoms with Gasteiger partial charge >= 0.3 is 6.16 Å². The monoisotopic (exact) mass is 539 g/mol. The van der Waals surface area contributed by atoms with Crippen molar-refractivity contribution in [3.8, 4) is 17.6 Å². The van der Waals surface area contributed by atoms with E-state index in [1.807, 2.05) is 11.0 Å². The van der Waals surface area contributed by atoms with Crippen LogP contribution in [0, 0.1) is 11.3 Å². The third-order valence-electron chi connectivity index (χ3n) is 6.12. The number of nitriles is 1. The summed E-state index contributed by atoms with van der Waals surface area (Å²) in [6.07, 6.45) is 0.685. The minimum Gasteiger partial charge on any atom is -0.456 e. The normalized spacial score (nSPS) is 19.9. The molecule has 2 aliphatic rings. The first-order valence-corrected chi connectivity index (χ1v) is 13.2. The van der Waals surface area contributed by atoms with E-state index in [4.69, 9.17) is 37.8 Å². The average molecular weight is 540 g/mol. The number of carbonyl (C=O) groups is 1. The van der Waals surface area contributed by atoms with Crippen LogP contribution in [0.5, 0.6) is 11.5 Å². The van der Waals surface area contributed by atoms with Gasteiger partial charge in [0.2, 0.25) is 10.0 Å². The number of likely N-dealkylation sites (tertiary alicyclic amines) is 1. The quantitative estimate of drug-likeness (QED) is 0.513. The molecule has 0 radical (unpaired) electrons. The highest BCUT2D eigenvalue weighted by Crippen LogP contribution is 2.36. The predicted molar refractivity (Wildman–Crippen MR) is 128 cm³/mol. The zero-order valence-electron chi connectivity index (χ0n) is 18.6. The zero-order valence-corrected chi connectivity index (χ0v) is 20.9. The Morgan fingerprint density at radius 2 is 1.74 bits per heavy atom. The summed E-state index contributed by atoms with van der Waals surface area (Å²) >= 11 is 12.1. The van der Waals surface area contributed by atoms with Crippen molar-refractivity contribution < 1.29 is 27.8 Å². The van der Waals surface area contributed by atoms with Crippen molar-refractivity contribution in [1.82, 2.24) is 9.21 Å². The molecule has 4 rings (SSSR count). The van der Waals surface area contributed by atoms with Crippen molar-refractivity contribution in [2.75, 3.05) is 19.6 Å². The molecule has 2 aromatic carbocycles. The Balaban J connectivity index is 1.54. The Morgan fingerprint density at radius 3 is 2.37 bits per heavy atom. The number of sulfonamides is 1. The molecule has 2 saturated heterocycles.